The smallest absolute Gasteiger partial charge is 0.326 e. The van der Waals surface area contributed by atoms with Crippen LogP contribution in [0.3, 0.4) is 0 Å². The lowest BCUT2D eigenvalue weighted by atomic mass is 9.98. The average molecular weight is 274 g/mol. The number of aryl methyl sites for hydroxylation is 1. The first-order valence-corrected chi connectivity index (χ1v) is 6.47. The van der Waals surface area contributed by atoms with Gasteiger partial charge in [-0.25, -0.2) is 4.79 Å². The highest BCUT2D eigenvalue weighted by Crippen LogP contribution is 2.09. The molecule has 20 heavy (non-hydrogen) atoms. The van der Waals surface area contributed by atoms with E-state index >= 15 is 0 Å². The maximum absolute atomic E-state index is 11.8. The maximum atomic E-state index is 11.8. The fourth-order valence-electron chi connectivity index (χ4n) is 1.86. The lowest BCUT2D eigenvalue weighted by Gasteiger charge is -2.19. The number of amides is 1. The van der Waals surface area contributed by atoms with Gasteiger partial charge in [0.2, 0.25) is 5.91 Å². The van der Waals surface area contributed by atoms with Crippen molar-refractivity contribution in [3.63, 3.8) is 0 Å². The van der Waals surface area contributed by atoms with E-state index in [1.807, 2.05) is 36.4 Å². The van der Waals surface area contributed by atoms with E-state index < -0.39 is 17.9 Å². The van der Waals surface area contributed by atoms with Crippen LogP contribution in [0, 0.1) is 17.2 Å². The number of carbonyl (C=O) groups is 2. The first-order chi connectivity index (χ1) is 9.54. The van der Waals surface area contributed by atoms with Gasteiger partial charge in [-0.2, -0.15) is 5.26 Å². The second-order valence-electron chi connectivity index (χ2n) is 4.71. The number of aliphatic carboxylic acids is 1. The Kier molecular flexibility index (Phi) is 6.24. The number of nitrogens with zero attached hydrogens (tertiary/aromatic N) is 1. The van der Waals surface area contributed by atoms with Crippen LogP contribution in [0.15, 0.2) is 30.3 Å². The monoisotopic (exact) mass is 274 g/mol. The quantitative estimate of drug-likeness (QED) is 0.792. The number of carboxylic acids is 1. The molecule has 106 valence electrons. The molecular formula is C15H18N2O3. The number of rotatable bonds is 7. The number of carbonyl (C=O) groups excluding carboxylic acids is 1. The van der Waals surface area contributed by atoms with Crippen LogP contribution in [0.2, 0.25) is 0 Å². The molecule has 0 radical (unpaired) electrons. The summed E-state index contributed by atoms with van der Waals surface area (Å²) in [6.07, 6.45) is 0.884. The van der Waals surface area contributed by atoms with Crippen molar-refractivity contribution < 1.29 is 14.7 Å². The number of benzene rings is 1. The van der Waals surface area contributed by atoms with Crippen molar-refractivity contribution in [3.05, 3.63) is 35.9 Å². The zero-order valence-electron chi connectivity index (χ0n) is 11.4. The molecule has 2 atom stereocenters. The molecule has 5 heteroatoms. The number of nitriles is 1. The SMILES string of the molecule is C[C@H](CC#N)[C@H](NC(=O)CCc1ccccc1)C(=O)O. The molecule has 1 aromatic rings. The molecular weight excluding hydrogens is 256 g/mol. The van der Waals surface area contributed by atoms with Gasteiger partial charge in [0.15, 0.2) is 0 Å². The van der Waals surface area contributed by atoms with Gasteiger partial charge in [-0.05, 0) is 12.0 Å². The minimum Gasteiger partial charge on any atom is -0.480 e. The van der Waals surface area contributed by atoms with Gasteiger partial charge in [0.25, 0.3) is 0 Å². The first-order valence-electron chi connectivity index (χ1n) is 6.47. The van der Waals surface area contributed by atoms with Crippen molar-refractivity contribution in [2.24, 2.45) is 5.92 Å². The predicted octanol–water partition coefficient (Wildman–Crippen LogP) is 1.74. The molecule has 0 aromatic heterocycles. The van der Waals surface area contributed by atoms with Crippen molar-refractivity contribution in [2.45, 2.75) is 32.2 Å². The average Bonchev–Trinajstić information content (AvgIpc) is 2.43. The minimum atomic E-state index is -1.11. The Hall–Kier alpha value is -2.35. The van der Waals surface area contributed by atoms with Crippen molar-refractivity contribution >= 4 is 11.9 Å². The fourth-order valence-corrected chi connectivity index (χ4v) is 1.86. The number of hydrogen-bond acceptors (Lipinski definition) is 3. The zero-order valence-corrected chi connectivity index (χ0v) is 11.4. The normalized spacial score (nSPS) is 13.0. The third kappa shape index (κ3) is 5.11. The summed E-state index contributed by atoms with van der Waals surface area (Å²) in [5, 5.41) is 20.2. The molecule has 2 N–H and O–H groups in total. The van der Waals surface area contributed by atoms with Crippen LogP contribution in [0.25, 0.3) is 0 Å². The number of carboxylic acid groups (broad SMARTS) is 1. The maximum Gasteiger partial charge on any atom is 0.326 e. The van der Waals surface area contributed by atoms with E-state index in [2.05, 4.69) is 5.32 Å². The summed E-state index contributed by atoms with van der Waals surface area (Å²) in [5.41, 5.74) is 1.03. The molecule has 0 bridgehead atoms. The molecule has 0 saturated heterocycles. The Bertz CT molecular complexity index is 494. The van der Waals surface area contributed by atoms with Crippen LogP contribution in [-0.4, -0.2) is 23.0 Å². The van der Waals surface area contributed by atoms with Gasteiger partial charge >= 0.3 is 5.97 Å². The van der Waals surface area contributed by atoms with Crippen molar-refractivity contribution in [3.8, 4) is 6.07 Å². The molecule has 0 aliphatic carbocycles. The summed E-state index contributed by atoms with van der Waals surface area (Å²) < 4.78 is 0. The van der Waals surface area contributed by atoms with Crippen LogP contribution in [-0.2, 0) is 16.0 Å². The standard InChI is InChI=1S/C15H18N2O3/c1-11(9-10-16)14(15(19)20)17-13(18)8-7-12-5-3-2-4-6-12/h2-6,11,14H,7-9H2,1H3,(H,17,18)(H,19,20)/t11-,14+/m1/s1. The highest BCUT2D eigenvalue weighted by atomic mass is 16.4. The summed E-state index contributed by atoms with van der Waals surface area (Å²) in [4.78, 5) is 22.9. The highest BCUT2D eigenvalue weighted by molar-refractivity contribution is 5.83. The van der Waals surface area contributed by atoms with Crippen LogP contribution >= 0.6 is 0 Å². The van der Waals surface area contributed by atoms with E-state index in [0.717, 1.165) is 5.56 Å². The van der Waals surface area contributed by atoms with Crippen molar-refractivity contribution in [1.29, 1.82) is 5.26 Å². The Morgan fingerprint density at radius 1 is 1.35 bits per heavy atom. The van der Waals surface area contributed by atoms with Gasteiger partial charge in [-0.3, -0.25) is 4.79 Å². The van der Waals surface area contributed by atoms with Gasteiger partial charge < -0.3 is 10.4 Å². The molecule has 1 aromatic carbocycles. The topological polar surface area (TPSA) is 90.2 Å². The molecule has 0 aliphatic rings. The molecule has 0 aliphatic heterocycles. The third-order valence-electron chi connectivity index (χ3n) is 3.05. The van der Waals surface area contributed by atoms with E-state index in [4.69, 9.17) is 10.4 Å². The van der Waals surface area contributed by atoms with Crippen LogP contribution in [0.5, 0.6) is 0 Å². The van der Waals surface area contributed by atoms with Gasteiger partial charge in [-0.15, -0.1) is 0 Å². The van der Waals surface area contributed by atoms with E-state index in [1.165, 1.54) is 0 Å². The second kappa shape index (κ2) is 7.95. The predicted molar refractivity (Wildman–Crippen MR) is 73.7 cm³/mol. The Labute approximate surface area is 118 Å². The Morgan fingerprint density at radius 2 is 2.00 bits per heavy atom. The molecule has 0 heterocycles. The van der Waals surface area contributed by atoms with Crippen molar-refractivity contribution in [2.75, 3.05) is 0 Å². The van der Waals surface area contributed by atoms with E-state index in [-0.39, 0.29) is 18.7 Å². The van der Waals surface area contributed by atoms with Crippen LogP contribution in [0.1, 0.15) is 25.3 Å². The lowest BCUT2D eigenvalue weighted by molar-refractivity contribution is -0.143. The molecule has 5 nitrogen and oxygen atoms in total. The van der Waals surface area contributed by atoms with E-state index in [9.17, 15) is 9.59 Å². The summed E-state index contributed by atoms with van der Waals surface area (Å²) >= 11 is 0. The van der Waals surface area contributed by atoms with Gasteiger partial charge in [0, 0.05) is 18.8 Å². The van der Waals surface area contributed by atoms with Gasteiger partial charge in [-0.1, -0.05) is 37.3 Å². The molecule has 0 spiro atoms. The number of hydrogen-bond donors (Lipinski definition) is 2. The second-order valence-corrected chi connectivity index (χ2v) is 4.71. The third-order valence-corrected chi connectivity index (χ3v) is 3.05. The lowest BCUT2D eigenvalue weighted by Crippen LogP contribution is -2.45. The first kappa shape index (κ1) is 15.7. The van der Waals surface area contributed by atoms with Crippen LogP contribution in [0.4, 0.5) is 0 Å². The zero-order chi connectivity index (χ0) is 15.0. The highest BCUT2D eigenvalue weighted by Gasteiger charge is 2.26. The summed E-state index contributed by atoms with van der Waals surface area (Å²) in [6, 6.07) is 10.4. The molecule has 1 rings (SSSR count). The number of nitrogens with one attached hydrogen (secondary N) is 1. The fraction of sp³-hybridized carbons (Fsp3) is 0.400. The summed E-state index contributed by atoms with van der Waals surface area (Å²) in [5.74, 6) is -1.84. The molecule has 0 saturated carbocycles. The molecule has 0 fully saturated rings. The van der Waals surface area contributed by atoms with Gasteiger partial charge in [0.1, 0.15) is 6.04 Å². The Morgan fingerprint density at radius 3 is 2.55 bits per heavy atom. The largest absolute Gasteiger partial charge is 0.480 e. The van der Waals surface area contributed by atoms with Crippen LogP contribution < -0.4 is 5.32 Å². The molecule has 1 amide bonds. The molecule has 0 unspecified atom stereocenters. The van der Waals surface area contributed by atoms with Gasteiger partial charge in [0.05, 0.1) is 6.07 Å². The van der Waals surface area contributed by atoms with E-state index in [0.29, 0.717) is 6.42 Å². The van der Waals surface area contributed by atoms with Crippen molar-refractivity contribution in [1.82, 2.24) is 5.32 Å². The summed E-state index contributed by atoms with van der Waals surface area (Å²) in [7, 11) is 0. The van der Waals surface area contributed by atoms with E-state index in [1.54, 1.807) is 6.92 Å². The minimum absolute atomic E-state index is 0.0932. The Balaban J connectivity index is 2.50. The summed E-state index contributed by atoms with van der Waals surface area (Å²) in [6.45, 7) is 1.64.